The van der Waals surface area contributed by atoms with Crippen molar-refractivity contribution in [1.29, 1.82) is 5.26 Å². The zero-order chi connectivity index (χ0) is 9.42. The van der Waals surface area contributed by atoms with Gasteiger partial charge in [0.05, 0.1) is 11.6 Å². The summed E-state index contributed by atoms with van der Waals surface area (Å²) in [6, 6.07) is 7.70. The Morgan fingerprint density at radius 1 is 1.31 bits per heavy atom. The molecule has 0 amide bonds. The molecule has 0 saturated carbocycles. The molecule has 0 atom stereocenters. The maximum absolute atomic E-state index is 8.88. The van der Waals surface area contributed by atoms with Crippen molar-refractivity contribution in [1.82, 2.24) is 0 Å². The molecule has 0 radical (unpaired) electrons. The third-order valence-electron chi connectivity index (χ3n) is 2.31. The first-order chi connectivity index (χ1) is 6.24. The molecule has 2 heteroatoms. The summed E-state index contributed by atoms with van der Waals surface area (Å²) in [7, 11) is 0. The average Bonchev–Trinajstić information content (AvgIpc) is 2.43. The van der Waals surface area contributed by atoms with Crippen LogP contribution >= 0.6 is 0 Å². The Morgan fingerprint density at radius 2 is 2.08 bits per heavy atom. The number of nitriles is 1. The number of fused-ring (bicyclic) bond motifs is 1. The van der Waals surface area contributed by atoms with Crippen LogP contribution in [0.5, 0.6) is 0 Å². The minimum Gasteiger partial charge on any atom is -0.461 e. The number of aryl methyl sites for hydroxylation is 2. The summed E-state index contributed by atoms with van der Waals surface area (Å²) in [6.45, 7) is 3.89. The normalized spacial score (nSPS) is 10.2. The fraction of sp³-hybridized carbons (Fsp3) is 0.182. The number of hydrogen-bond acceptors (Lipinski definition) is 2. The van der Waals surface area contributed by atoms with Gasteiger partial charge in [0, 0.05) is 5.39 Å². The van der Waals surface area contributed by atoms with Crippen LogP contribution in [0.25, 0.3) is 11.0 Å². The number of benzene rings is 1. The lowest BCUT2D eigenvalue weighted by molar-refractivity contribution is 0.575. The first-order valence-electron chi connectivity index (χ1n) is 4.13. The van der Waals surface area contributed by atoms with Gasteiger partial charge in [0.1, 0.15) is 11.3 Å². The maximum atomic E-state index is 8.88. The van der Waals surface area contributed by atoms with E-state index in [4.69, 9.17) is 9.68 Å². The lowest BCUT2D eigenvalue weighted by Crippen LogP contribution is -1.77. The Labute approximate surface area is 76.4 Å². The molecular weight excluding hydrogens is 162 g/mol. The quantitative estimate of drug-likeness (QED) is 0.611. The molecular formula is C11H9NO. The Hall–Kier alpha value is -1.75. The van der Waals surface area contributed by atoms with Crippen molar-refractivity contribution < 1.29 is 4.42 Å². The molecule has 0 N–H and O–H groups in total. The summed E-state index contributed by atoms with van der Waals surface area (Å²) < 4.78 is 5.49. The fourth-order valence-electron chi connectivity index (χ4n) is 1.51. The van der Waals surface area contributed by atoms with Crippen LogP contribution in [0.4, 0.5) is 0 Å². The van der Waals surface area contributed by atoms with Crippen LogP contribution in [-0.2, 0) is 0 Å². The molecule has 0 fully saturated rings. The largest absolute Gasteiger partial charge is 0.461 e. The Kier molecular flexibility index (Phi) is 1.60. The highest BCUT2D eigenvalue weighted by Crippen LogP contribution is 2.27. The molecule has 64 valence electrons. The van der Waals surface area contributed by atoms with Crippen LogP contribution in [0.2, 0.25) is 0 Å². The number of furan rings is 1. The Morgan fingerprint density at radius 3 is 2.77 bits per heavy atom. The number of hydrogen-bond donors (Lipinski definition) is 0. The zero-order valence-electron chi connectivity index (χ0n) is 7.59. The van der Waals surface area contributed by atoms with E-state index in [1.807, 2.05) is 32.0 Å². The molecule has 13 heavy (non-hydrogen) atoms. The van der Waals surface area contributed by atoms with E-state index >= 15 is 0 Å². The van der Waals surface area contributed by atoms with E-state index in [0.717, 1.165) is 22.3 Å². The minimum absolute atomic E-state index is 0.687. The standard InChI is InChI=1S/C11H9NO/c1-7-8(2)13-10-5-3-4-9(6-12)11(7)10/h3-5H,1-2H3. The molecule has 2 aromatic rings. The van der Waals surface area contributed by atoms with Gasteiger partial charge in [-0.2, -0.15) is 5.26 Å². The van der Waals surface area contributed by atoms with E-state index in [1.54, 1.807) is 0 Å². The first kappa shape index (κ1) is 7.88. The molecule has 0 unspecified atom stereocenters. The molecule has 0 aliphatic heterocycles. The van der Waals surface area contributed by atoms with Crippen molar-refractivity contribution >= 4 is 11.0 Å². The second-order valence-corrected chi connectivity index (χ2v) is 3.07. The average molecular weight is 171 g/mol. The predicted octanol–water partition coefficient (Wildman–Crippen LogP) is 2.92. The summed E-state index contributed by atoms with van der Waals surface area (Å²) in [6.07, 6.45) is 0. The van der Waals surface area contributed by atoms with Gasteiger partial charge in [-0.3, -0.25) is 0 Å². The second-order valence-electron chi connectivity index (χ2n) is 3.07. The number of rotatable bonds is 0. The third-order valence-corrected chi connectivity index (χ3v) is 2.31. The molecule has 2 nitrogen and oxygen atoms in total. The highest BCUT2D eigenvalue weighted by atomic mass is 16.3. The van der Waals surface area contributed by atoms with E-state index in [2.05, 4.69) is 6.07 Å². The van der Waals surface area contributed by atoms with Gasteiger partial charge in [0.25, 0.3) is 0 Å². The van der Waals surface area contributed by atoms with Crippen LogP contribution in [0.1, 0.15) is 16.9 Å². The van der Waals surface area contributed by atoms with E-state index < -0.39 is 0 Å². The van der Waals surface area contributed by atoms with E-state index in [9.17, 15) is 0 Å². The van der Waals surface area contributed by atoms with E-state index in [1.165, 1.54) is 0 Å². The van der Waals surface area contributed by atoms with Gasteiger partial charge in [-0.1, -0.05) is 6.07 Å². The van der Waals surface area contributed by atoms with Crippen molar-refractivity contribution in [3.05, 3.63) is 35.1 Å². The summed E-state index contributed by atoms with van der Waals surface area (Å²) in [4.78, 5) is 0. The summed E-state index contributed by atoms with van der Waals surface area (Å²) in [5.41, 5.74) is 2.55. The van der Waals surface area contributed by atoms with Crippen LogP contribution in [0.3, 0.4) is 0 Å². The molecule has 0 spiro atoms. The van der Waals surface area contributed by atoms with Gasteiger partial charge < -0.3 is 4.42 Å². The summed E-state index contributed by atoms with van der Waals surface area (Å²) >= 11 is 0. The van der Waals surface area contributed by atoms with Crippen LogP contribution in [0.15, 0.2) is 22.6 Å². The van der Waals surface area contributed by atoms with Crippen LogP contribution in [0, 0.1) is 25.2 Å². The zero-order valence-corrected chi connectivity index (χ0v) is 7.59. The third kappa shape index (κ3) is 1.01. The van der Waals surface area contributed by atoms with Gasteiger partial charge >= 0.3 is 0 Å². The van der Waals surface area contributed by atoms with Gasteiger partial charge in [-0.05, 0) is 31.5 Å². The van der Waals surface area contributed by atoms with Crippen molar-refractivity contribution in [2.75, 3.05) is 0 Å². The van der Waals surface area contributed by atoms with Gasteiger partial charge in [0.15, 0.2) is 0 Å². The predicted molar refractivity (Wildman–Crippen MR) is 50.4 cm³/mol. The van der Waals surface area contributed by atoms with E-state index in [-0.39, 0.29) is 0 Å². The first-order valence-corrected chi connectivity index (χ1v) is 4.13. The summed E-state index contributed by atoms with van der Waals surface area (Å²) in [5.74, 6) is 0.887. The van der Waals surface area contributed by atoms with Gasteiger partial charge in [-0.25, -0.2) is 0 Å². The van der Waals surface area contributed by atoms with Crippen LogP contribution < -0.4 is 0 Å². The lowest BCUT2D eigenvalue weighted by atomic mass is 10.1. The molecule has 0 aliphatic carbocycles. The summed E-state index contributed by atoms with van der Waals surface area (Å²) in [5, 5.41) is 9.82. The monoisotopic (exact) mass is 171 g/mol. The molecule has 0 bridgehead atoms. The second kappa shape index (κ2) is 2.63. The van der Waals surface area contributed by atoms with E-state index in [0.29, 0.717) is 5.56 Å². The highest BCUT2D eigenvalue weighted by Gasteiger charge is 2.09. The van der Waals surface area contributed by atoms with Crippen molar-refractivity contribution in [2.24, 2.45) is 0 Å². The maximum Gasteiger partial charge on any atom is 0.135 e. The number of nitrogens with zero attached hydrogens (tertiary/aromatic N) is 1. The molecule has 0 aliphatic rings. The molecule has 1 heterocycles. The topological polar surface area (TPSA) is 36.9 Å². The van der Waals surface area contributed by atoms with Crippen molar-refractivity contribution in [3.8, 4) is 6.07 Å². The fourth-order valence-corrected chi connectivity index (χ4v) is 1.51. The highest BCUT2D eigenvalue weighted by molar-refractivity contribution is 5.87. The Bertz CT molecular complexity index is 503. The SMILES string of the molecule is Cc1oc2cccc(C#N)c2c1C. The van der Waals surface area contributed by atoms with Crippen molar-refractivity contribution in [2.45, 2.75) is 13.8 Å². The minimum atomic E-state index is 0.687. The smallest absolute Gasteiger partial charge is 0.135 e. The molecule has 0 saturated heterocycles. The van der Waals surface area contributed by atoms with Crippen molar-refractivity contribution in [3.63, 3.8) is 0 Å². The Balaban J connectivity index is 2.97. The van der Waals surface area contributed by atoms with Crippen LogP contribution in [-0.4, -0.2) is 0 Å². The molecule has 2 rings (SSSR count). The molecule has 1 aromatic carbocycles. The van der Waals surface area contributed by atoms with Gasteiger partial charge in [0.2, 0.25) is 0 Å². The van der Waals surface area contributed by atoms with Gasteiger partial charge in [-0.15, -0.1) is 0 Å². The lowest BCUT2D eigenvalue weighted by Gasteiger charge is -1.91. The molecule has 1 aromatic heterocycles.